The molecule has 4 unspecified atom stereocenters. The van der Waals surface area contributed by atoms with E-state index in [1.165, 1.54) is 7.11 Å². The second kappa shape index (κ2) is 7.73. The van der Waals surface area contributed by atoms with Crippen LogP contribution in [0.3, 0.4) is 0 Å². The van der Waals surface area contributed by atoms with Crippen molar-refractivity contribution in [1.82, 2.24) is 0 Å². The third kappa shape index (κ3) is 5.15. The number of ether oxygens (including phenoxy) is 1. The molecule has 0 bridgehead atoms. The van der Waals surface area contributed by atoms with Crippen molar-refractivity contribution >= 4 is 30.0 Å². The summed E-state index contributed by atoms with van der Waals surface area (Å²) in [5.74, 6) is 0. The zero-order chi connectivity index (χ0) is 13.7. The van der Waals surface area contributed by atoms with Crippen molar-refractivity contribution in [3.8, 4) is 0 Å². The fraction of sp³-hybridized carbons (Fsp3) is 1.00. The number of hydrogen-bond donors (Lipinski definition) is 0. The Kier molecular flexibility index (Phi) is 6.28. The van der Waals surface area contributed by atoms with Gasteiger partial charge < -0.3 is 18.7 Å². The fourth-order valence-electron chi connectivity index (χ4n) is 1.11. The van der Waals surface area contributed by atoms with Gasteiger partial charge in [0.25, 0.3) is 0 Å². The highest BCUT2D eigenvalue weighted by Gasteiger charge is 2.37. The van der Waals surface area contributed by atoms with Crippen LogP contribution >= 0.6 is 0 Å². The summed E-state index contributed by atoms with van der Waals surface area (Å²) in [6, 6.07) is 0. The molecule has 19 heavy (non-hydrogen) atoms. The average Bonchev–Trinajstić information content (AvgIpc) is 2.95. The maximum absolute atomic E-state index is 10.8. The SMILES string of the molecule is COCOB(OC1COS(=O)O1)OC1COS(=O)O1. The minimum Gasteiger partial charge on any atom is -0.362 e. The first-order valence-electron chi connectivity index (χ1n) is 5.03. The third-order valence-corrected chi connectivity index (χ3v) is 3.22. The first-order valence-corrected chi connectivity index (χ1v) is 7.03. The average molecular weight is 318 g/mol. The molecule has 0 radical (unpaired) electrons. The first kappa shape index (κ1) is 15.4. The normalized spacial score (nSPS) is 34.8. The summed E-state index contributed by atoms with van der Waals surface area (Å²) in [4.78, 5) is 0. The van der Waals surface area contributed by atoms with Crippen LogP contribution < -0.4 is 0 Å². The van der Waals surface area contributed by atoms with E-state index in [9.17, 15) is 8.42 Å². The van der Waals surface area contributed by atoms with Crippen LogP contribution in [-0.2, 0) is 58.2 Å². The van der Waals surface area contributed by atoms with Gasteiger partial charge in [-0.3, -0.25) is 8.37 Å². The quantitative estimate of drug-likeness (QED) is 0.407. The van der Waals surface area contributed by atoms with E-state index in [-0.39, 0.29) is 20.0 Å². The zero-order valence-corrected chi connectivity index (χ0v) is 11.4. The zero-order valence-electron chi connectivity index (χ0n) is 9.75. The lowest BCUT2D eigenvalue weighted by molar-refractivity contribution is -0.0939. The van der Waals surface area contributed by atoms with Crippen LogP contribution in [-0.4, -0.2) is 55.4 Å². The first-order chi connectivity index (χ1) is 9.17. The summed E-state index contributed by atoms with van der Waals surface area (Å²) in [5, 5.41) is 0. The summed E-state index contributed by atoms with van der Waals surface area (Å²) < 4.78 is 60.6. The molecule has 0 aliphatic carbocycles. The molecule has 2 heterocycles. The van der Waals surface area contributed by atoms with Gasteiger partial charge in [0.05, 0.1) is 0 Å². The monoisotopic (exact) mass is 318 g/mol. The standard InChI is InChI=1S/C6H11BO10S2/c1-10-4-11-7(14-5-2-12-18(8)16-5)15-6-3-13-19(9)17-6/h5-6H,2-4H2,1H3. The van der Waals surface area contributed by atoms with Gasteiger partial charge in [-0.25, -0.2) is 8.37 Å². The second-order valence-electron chi connectivity index (χ2n) is 3.16. The van der Waals surface area contributed by atoms with Crippen molar-refractivity contribution in [3.63, 3.8) is 0 Å². The Labute approximate surface area is 114 Å². The van der Waals surface area contributed by atoms with Gasteiger partial charge in [0.1, 0.15) is 20.0 Å². The van der Waals surface area contributed by atoms with Crippen LogP contribution in [0.25, 0.3) is 0 Å². The molecule has 0 saturated carbocycles. The van der Waals surface area contributed by atoms with E-state index < -0.39 is 42.6 Å². The van der Waals surface area contributed by atoms with E-state index in [4.69, 9.17) is 27.1 Å². The van der Waals surface area contributed by atoms with E-state index in [1.54, 1.807) is 0 Å². The molecule has 10 nitrogen and oxygen atoms in total. The van der Waals surface area contributed by atoms with Gasteiger partial charge in [-0.2, -0.15) is 8.42 Å². The van der Waals surface area contributed by atoms with E-state index in [2.05, 4.69) is 8.37 Å². The molecule has 13 heteroatoms. The van der Waals surface area contributed by atoms with Crippen LogP contribution in [0.5, 0.6) is 0 Å². The summed E-state index contributed by atoms with van der Waals surface area (Å²) >= 11 is -3.71. The smallest absolute Gasteiger partial charge is 0.362 e. The van der Waals surface area contributed by atoms with Crippen LogP contribution in [0.4, 0.5) is 0 Å². The molecule has 4 atom stereocenters. The minimum absolute atomic E-state index is 0.0449. The topological polar surface area (TPSA) is 108 Å². The summed E-state index contributed by atoms with van der Waals surface area (Å²) in [5.41, 5.74) is 0. The molecule has 2 rings (SSSR count). The molecular formula is C6H11BO10S2. The van der Waals surface area contributed by atoms with Crippen molar-refractivity contribution < 1.29 is 43.9 Å². The lowest BCUT2D eigenvalue weighted by Crippen LogP contribution is -2.37. The van der Waals surface area contributed by atoms with Crippen molar-refractivity contribution in [2.45, 2.75) is 12.6 Å². The van der Waals surface area contributed by atoms with Crippen molar-refractivity contribution in [3.05, 3.63) is 0 Å². The predicted octanol–water partition coefficient (Wildman–Crippen LogP) is -1.47. The second-order valence-corrected chi connectivity index (χ2v) is 4.84. The molecule has 0 aromatic heterocycles. The Morgan fingerprint density at radius 2 is 1.63 bits per heavy atom. The summed E-state index contributed by atoms with van der Waals surface area (Å²) in [6.07, 6.45) is -1.84. The lowest BCUT2D eigenvalue weighted by Gasteiger charge is -2.17. The van der Waals surface area contributed by atoms with Gasteiger partial charge >= 0.3 is 30.0 Å². The van der Waals surface area contributed by atoms with Crippen LogP contribution in [0.2, 0.25) is 0 Å². The Morgan fingerprint density at radius 1 is 1.11 bits per heavy atom. The molecule has 2 saturated heterocycles. The number of methoxy groups -OCH3 is 1. The van der Waals surface area contributed by atoms with Gasteiger partial charge in [-0.1, -0.05) is 0 Å². The maximum atomic E-state index is 10.8. The van der Waals surface area contributed by atoms with E-state index in [0.29, 0.717) is 0 Å². The molecular weight excluding hydrogens is 307 g/mol. The highest BCUT2D eigenvalue weighted by Crippen LogP contribution is 2.16. The predicted molar refractivity (Wildman–Crippen MR) is 58.8 cm³/mol. The molecule has 0 amide bonds. The lowest BCUT2D eigenvalue weighted by atomic mass is 10.2. The molecule has 0 N–H and O–H groups in total. The van der Waals surface area contributed by atoms with E-state index >= 15 is 0 Å². The summed E-state index contributed by atoms with van der Waals surface area (Å²) in [7, 11) is 0.165. The fourth-order valence-corrected chi connectivity index (χ4v) is 2.22. The van der Waals surface area contributed by atoms with Crippen molar-refractivity contribution in [2.24, 2.45) is 0 Å². The van der Waals surface area contributed by atoms with Gasteiger partial charge in [-0.05, 0) is 0 Å². The molecule has 2 aliphatic heterocycles. The molecule has 0 aromatic rings. The minimum atomic E-state index is -1.86. The van der Waals surface area contributed by atoms with Crippen molar-refractivity contribution in [1.29, 1.82) is 0 Å². The van der Waals surface area contributed by atoms with Crippen LogP contribution in [0.1, 0.15) is 0 Å². The molecule has 110 valence electrons. The Bertz CT molecular complexity index is 314. The number of rotatable bonds is 7. The van der Waals surface area contributed by atoms with Crippen LogP contribution in [0.15, 0.2) is 0 Å². The maximum Gasteiger partial charge on any atom is 0.645 e. The molecule has 2 aliphatic rings. The highest BCUT2D eigenvalue weighted by molar-refractivity contribution is 7.75. The Hall–Kier alpha value is 0.0449. The van der Waals surface area contributed by atoms with E-state index in [0.717, 1.165) is 0 Å². The van der Waals surface area contributed by atoms with Gasteiger partial charge in [0, 0.05) is 7.11 Å². The largest absolute Gasteiger partial charge is 0.645 e. The Balaban J connectivity index is 1.80. The van der Waals surface area contributed by atoms with E-state index in [1.807, 2.05) is 0 Å². The highest BCUT2D eigenvalue weighted by atomic mass is 32.2. The third-order valence-electron chi connectivity index (χ3n) is 1.82. The summed E-state index contributed by atoms with van der Waals surface area (Å²) in [6.45, 7) is -0.217. The van der Waals surface area contributed by atoms with Crippen LogP contribution in [0, 0.1) is 0 Å². The molecule has 2 fully saturated rings. The molecule has 0 spiro atoms. The Morgan fingerprint density at radius 3 is 2.00 bits per heavy atom. The van der Waals surface area contributed by atoms with Crippen molar-refractivity contribution in [2.75, 3.05) is 27.1 Å². The molecule has 0 aromatic carbocycles. The van der Waals surface area contributed by atoms with Gasteiger partial charge in [0.15, 0.2) is 12.6 Å². The van der Waals surface area contributed by atoms with Gasteiger partial charge in [-0.15, -0.1) is 0 Å². The van der Waals surface area contributed by atoms with Gasteiger partial charge in [0.2, 0.25) is 0 Å². The number of hydrogen-bond acceptors (Lipinski definition) is 10.